The molecular formula is C18H25ClN2O4S. The second kappa shape index (κ2) is 7.84. The fourth-order valence-corrected chi connectivity index (χ4v) is 5.45. The molecule has 0 radical (unpaired) electrons. The minimum absolute atomic E-state index is 0.0147. The van der Waals surface area contributed by atoms with Crippen LogP contribution in [0.2, 0.25) is 5.02 Å². The first kappa shape index (κ1) is 19.6. The summed E-state index contributed by atoms with van der Waals surface area (Å²) < 4.78 is 33.0. The predicted molar refractivity (Wildman–Crippen MR) is 100.0 cm³/mol. The minimum atomic E-state index is -3.70. The number of hydrogen-bond acceptors (Lipinski definition) is 4. The van der Waals surface area contributed by atoms with E-state index in [9.17, 15) is 13.2 Å². The van der Waals surface area contributed by atoms with E-state index in [2.05, 4.69) is 0 Å². The van der Waals surface area contributed by atoms with Gasteiger partial charge in [0.05, 0.1) is 23.8 Å². The summed E-state index contributed by atoms with van der Waals surface area (Å²) in [5.41, 5.74) is 0.339. The maximum absolute atomic E-state index is 13.0. The van der Waals surface area contributed by atoms with E-state index in [0.717, 1.165) is 19.3 Å². The highest BCUT2D eigenvalue weighted by molar-refractivity contribution is 7.89. The lowest BCUT2D eigenvalue weighted by Gasteiger charge is -2.37. The fourth-order valence-electron chi connectivity index (χ4n) is 3.43. The lowest BCUT2D eigenvalue weighted by molar-refractivity contribution is -0.0387. The molecule has 0 spiro atoms. The van der Waals surface area contributed by atoms with E-state index in [0.29, 0.717) is 31.8 Å². The Morgan fingerprint density at radius 2 is 1.88 bits per heavy atom. The summed E-state index contributed by atoms with van der Waals surface area (Å²) >= 11 is 6.19. The highest BCUT2D eigenvalue weighted by Crippen LogP contribution is 2.28. The van der Waals surface area contributed by atoms with E-state index in [1.54, 1.807) is 11.0 Å². The van der Waals surface area contributed by atoms with Crippen LogP contribution in [-0.4, -0.2) is 61.9 Å². The molecule has 0 bridgehead atoms. The number of carbonyl (C=O) groups is 1. The molecule has 0 aromatic heterocycles. The van der Waals surface area contributed by atoms with E-state index in [1.165, 1.54) is 16.4 Å². The Labute approximate surface area is 160 Å². The lowest BCUT2D eigenvalue weighted by Crippen LogP contribution is -2.50. The van der Waals surface area contributed by atoms with Gasteiger partial charge in [-0.25, -0.2) is 8.42 Å². The van der Waals surface area contributed by atoms with Gasteiger partial charge in [0.15, 0.2) is 0 Å². The normalized spacial score (nSPS) is 25.3. The largest absolute Gasteiger partial charge is 0.375 e. The molecule has 2 saturated heterocycles. The Kier molecular flexibility index (Phi) is 5.91. The standard InChI is InChI=1S/C18H25ClN2O4S/c1-13-12-25-14(2)11-21(13)18(22)15-6-7-16(19)17(10-15)26(23,24)20-8-4-3-5-9-20/h6-7,10,13-14H,3-5,8-9,11-12H2,1-2H3. The van der Waals surface area contributed by atoms with Crippen molar-refractivity contribution in [3.63, 3.8) is 0 Å². The third kappa shape index (κ3) is 3.91. The number of piperidine rings is 1. The van der Waals surface area contributed by atoms with Gasteiger partial charge in [0.1, 0.15) is 4.90 Å². The van der Waals surface area contributed by atoms with Crippen LogP contribution in [0.3, 0.4) is 0 Å². The molecule has 26 heavy (non-hydrogen) atoms. The molecule has 0 saturated carbocycles. The van der Waals surface area contributed by atoms with Crippen LogP contribution in [0.15, 0.2) is 23.1 Å². The number of ether oxygens (including phenoxy) is 1. The van der Waals surface area contributed by atoms with Crippen LogP contribution in [-0.2, 0) is 14.8 Å². The molecule has 2 aliphatic rings. The first-order valence-electron chi connectivity index (χ1n) is 9.03. The summed E-state index contributed by atoms with van der Waals surface area (Å²) in [5.74, 6) is -0.195. The van der Waals surface area contributed by atoms with Gasteiger partial charge in [-0.1, -0.05) is 18.0 Å². The molecule has 2 fully saturated rings. The van der Waals surface area contributed by atoms with E-state index < -0.39 is 10.0 Å². The van der Waals surface area contributed by atoms with Gasteiger partial charge in [-0.2, -0.15) is 4.31 Å². The third-order valence-electron chi connectivity index (χ3n) is 4.98. The zero-order valence-electron chi connectivity index (χ0n) is 15.2. The maximum Gasteiger partial charge on any atom is 0.254 e. The number of morpholine rings is 1. The SMILES string of the molecule is CC1CN(C(=O)c2ccc(Cl)c(S(=O)(=O)N3CCCCC3)c2)C(C)CO1. The number of halogens is 1. The van der Waals surface area contributed by atoms with Gasteiger partial charge >= 0.3 is 0 Å². The van der Waals surface area contributed by atoms with Crippen LogP contribution < -0.4 is 0 Å². The van der Waals surface area contributed by atoms with Crippen molar-refractivity contribution in [2.24, 2.45) is 0 Å². The smallest absolute Gasteiger partial charge is 0.254 e. The number of hydrogen-bond donors (Lipinski definition) is 0. The molecule has 1 aromatic carbocycles. The summed E-state index contributed by atoms with van der Waals surface area (Å²) in [6, 6.07) is 4.45. The molecule has 1 aromatic rings. The molecule has 144 valence electrons. The monoisotopic (exact) mass is 400 g/mol. The molecule has 1 amide bonds. The zero-order chi connectivity index (χ0) is 18.9. The molecule has 2 unspecified atom stereocenters. The summed E-state index contributed by atoms with van der Waals surface area (Å²) in [4.78, 5) is 14.7. The second-order valence-electron chi connectivity index (χ2n) is 7.06. The zero-order valence-corrected chi connectivity index (χ0v) is 16.7. The number of amides is 1. The van der Waals surface area contributed by atoms with Crippen LogP contribution in [0, 0.1) is 0 Å². The Morgan fingerprint density at radius 3 is 2.58 bits per heavy atom. The molecule has 2 atom stereocenters. The van der Waals surface area contributed by atoms with Crippen molar-refractivity contribution in [1.82, 2.24) is 9.21 Å². The molecule has 0 aliphatic carbocycles. The van der Waals surface area contributed by atoms with Crippen molar-refractivity contribution in [2.75, 3.05) is 26.2 Å². The van der Waals surface area contributed by atoms with E-state index >= 15 is 0 Å². The van der Waals surface area contributed by atoms with Crippen molar-refractivity contribution in [3.8, 4) is 0 Å². The number of carbonyl (C=O) groups excluding carboxylic acids is 1. The van der Waals surface area contributed by atoms with Crippen molar-refractivity contribution < 1.29 is 17.9 Å². The van der Waals surface area contributed by atoms with Gasteiger partial charge in [0.2, 0.25) is 10.0 Å². The van der Waals surface area contributed by atoms with Crippen molar-refractivity contribution in [2.45, 2.75) is 50.2 Å². The van der Waals surface area contributed by atoms with Crippen LogP contribution in [0.1, 0.15) is 43.5 Å². The highest BCUT2D eigenvalue weighted by Gasteiger charge is 2.31. The molecule has 8 heteroatoms. The number of rotatable bonds is 3. The number of nitrogens with zero attached hydrogens (tertiary/aromatic N) is 2. The molecule has 2 heterocycles. The van der Waals surface area contributed by atoms with Gasteiger partial charge in [-0.15, -0.1) is 0 Å². The molecule has 0 N–H and O–H groups in total. The maximum atomic E-state index is 13.0. The van der Waals surface area contributed by atoms with Gasteiger partial charge in [0.25, 0.3) is 5.91 Å². The average molecular weight is 401 g/mol. The topological polar surface area (TPSA) is 66.9 Å². The van der Waals surface area contributed by atoms with Crippen molar-refractivity contribution in [3.05, 3.63) is 28.8 Å². The predicted octanol–water partition coefficient (Wildman–Crippen LogP) is 2.76. The summed E-state index contributed by atoms with van der Waals surface area (Å²) in [5, 5.41) is 0.149. The Balaban J connectivity index is 1.91. The first-order valence-corrected chi connectivity index (χ1v) is 10.8. The number of sulfonamides is 1. The van der Waals surface area contributed by atoms with Crippen LogP contribution >= 0.6 is 11.6 Å². The van der Waals surface area contributed by atoms with E-state index in [1.807, 2.05) is 13.8 Å². The van der Waals surface area contributed by atoms with Crippen LogP contribution in [0.5, 0.6) is 0 Å². The second-order valence-corrected chi connectivity index (χ2v) is 9.37. The molecular weight excluding hydrogens is 376 g/mol. The molecule has 6 nitrogen and oxygen atoms in total. The van der Waals surface area contributed by atoms with Gasteiger partial charge in [0, 0.05) is 25.2 Å². The lowest BCUT2D eigenvalue weighted by atomic mass is 10.1. The molecule has 3 rings (SSSR count). The van der Waals surface area contributed by atoms with Crippen molar-refractivity contribution in [1.29, 1.82) is 0 Å². The van der Waals surface area contributed by atoms with Gasteiger partial charge in [-0.3, -0.25) is 4.79 Å². The average Bonchev–Trinajstić information content (AvgIpc) is 2.64. The third-order valence-corrected chi connectivity index (χ3v) is 7.36. The highest BCUT2D eigenvalue weighted by atomic mass is 35.5. The van der Waals surface area contributed by atoms with Gasteiger partial charge in [-0.05, 0) is 44.9 Å². The van der Waals surface area contributed by atoms with Gasteiger partial charge < -0.3 is 9.64 Å². The number of benzene rings is 1. The summed E-state index contributed by atoms with van der Waals surface area (Å²) in [6.45, 7) is 5.78. The van der Waals surface area contributed by atoms with E-state index in [4.69, 9.17) is 16.3 Å². The first-order chi connectivity index (χ1) is 12.3. The van der Waals surface area contributed by atoms with E-state index in [-0.39, 0.29) is 28.0 Å². The Morgan fingerprint density at radius 1 is 1.19 bits per heavy atom. The Hall–Kier alpha value is -1.15. The molecule has 2 aliphatic heterocycles. The Bertz CT molecular complexity index is 777. The summed E-state index contributed by atoms with van der Waals surface area (Å²) in [6.07, 6.45) is 2.68. The quantitative estimate of drug-likeness (QED) is 0.782. The minimum Gasteiger partial charge on any atom is -0.375 e. The van der Waals surface area contributed by atoms with Crippen LogP contribution in [0.4, 0.5) is 0 Å². The van der Waals surface area contributed by atoms with Crippen molar-refractivity contribution >= 4 is 27.5 Å². The van der Waals surface area contributed by atoms with Crippen LogP contribution in [0.25, 0.3) is 0 Å². The fraction of sp³-hybridized carbons (Fsp3) is 0.611. The summed E-state index contributed by atoms with van der Waals surface area (Å²) in [7, 11) is -3.70.